The minimum absolute atomic E-state index is 0.111. The highest BCUT2D eigenvalue weighted by atomic mass is 16.4. The van der Waals surface area contributed by atoms with Crippen molar-refractivity contribution in [2.75, 3.05) is 0 Å². The summed E-state index contributed by atoms with van der Waals surface area (Å²) in [6, 6.07) is 1.18. The lowest BCUT2D eigenvalue weighted by atomic mass is 10.2. The molecule has 0 saturated carbocycles. The van der Waals surface area contributed by atoms with Crippen molar-refractivity contribution in [3.8, 4) is 5.75 Å². The predicted octanol–water partition coefficient (Wildman–Crippen LogP) is -0.282. The van der Waals surface area contributed by atoms with Crippen LogP contribution in [-0.4, -0.2) is 20.7 Å². The number of aromatic nitrogens is 1. The molecule has 0 saturated heterocycles. The SMILES string of the molecule is Cn1ccc(=O)c(O)c1CC(=O)O. The Labute approximate surface area is 73.9 Å². The first-order valence-corrected chi connectivity index (χ1v) is 3.61. The van der Waals surface area contributed by atoms with Crippen molar-refractivity contribution in [2.45, 2.75) is 6.42 Å². The molecule has 5 nitrogen and oxygen atoms in total. The lowest BCUT2D eigenvalue weighted by molar-refractivity contribution is -0.136. The zero-order chi connectivity index (χ0) is 10.0. The molecule has 0 amide bonds. The minimum Gasteiger partial charge on any atom is -0.503 e. The van der Waals surface area contributed by atoms with Crippen LogP contribution in [0, 0.1) is 0 Å². The highest BCUT2D eigenvalue weighted by Crippen LogP contribution is 2.10. The summed E-state index contributed by atoms with van der Waals surface area (Å²) in [5, 5.41) is 17.7. The molecule has 0 aliphatic heterocycles. The number of carboxylic acid groups (broad SMARTS) is 1. The van der Waals surface area contributed by atoms with Crippen LogP contribution in [-0.2, 0) is 18.3 Å². The molecule has 2 N–H and O–H groups in total. The molecule has 1 heterocycles. The Morgan fingerprint density at radius 1 is 1.62 bits per heavy atom. The average molecular weight is 183 g/mol. The van der Waals surface area contributed by atoms with Crippen LogP contribution in [0.5, 0.6) is 5.75 Å². The summed E-state index contributed by atoms with van der Waals surface area (Å²) in [7, 11) is 1.57. The Hall–Kier alpha value is -1.78. The minimum atomic E-state index is -1.09. The van der Waals surface area contributed by atoms with Crippen LogP contribution in [0.4, 0.5) is 0 Å². The van der Waals surface area contributed by atoms with Gasteiger partial charge in [-0.1, -0.05) is 0 Å². The number of hydrogen-bond donors (Lipinski definition) is 2. The molecule has 0 aliphatic rings. The van der Waals surface area contributed by atoms with Crippen molar-refractivity contribution < 1.29 is 15.0 Å². The summed E-state index contributed by atoms with van der Waals surface area (Å²) in [4.78, 5) is 21.3. The van der Waals surface area contributed by atoms with E-state index in [1.165, 1.54) is 16.8 Å². The molecule has 0 spiro atoms. The molecular weight excluding hydrogens is 174 g/mol. The number of carboxylic acids is 1. The van der Waals surface area contributed by atoms with Gasteiger partial charge >= 0.3 is 5.97 Å². The van der Waals surface area contributed by atoms with Crippen LogP contribution in [0.15, 0.2) is 17.1 Å². The summed E-state index contributed by atoms with van der Waals surface area (Å²) >= 11 is 0. The summed E-state index contributed by atoms with van der Waals surface area (Å²) in [5.41, 5.74) is -0.450. The van der Waals surface area contributed by atoms with Crippen molar-refractivity contribution in [1.29, 1.82) is 0 Å². The van der Waals surface area contributed by atoms with Gasteiger partial charge in [0.05, 0.1) is 12.1 Å². The van der Waals surface area contributed by atoms with Gasteiger partial charge in [-0.3, -0.25) is 9.59 Å². The molecule has 0 aromatic carbocycles. The molecule has 0 radical (unpaired) electrons. The van der Waals surface area contributed by atoms with Gasteiger partial charge in [-0.15, -0.1) is 0 Å². The number of aryl methyl sites for hydroxylation is 1. The summed E-state index contributed by atoms with van der Waals surface area (Å²) in [5.74, 6) is -1.58. The second-order valence-corrected chi connectivity index (χ2v) is 2.66. The molecule has 70 valence electrons. The van der Waals surface area contributed by atoms with Crippen LogP contribution >= 0.6 is 0 Å². The van der Waals surface area contributed by atoms with Gasteiger partial charge in [0.2, 0.25) is 5.43 Å². The predicted molar refractivity (Wildman–Crippen MR) is 44.7 cm³/mol. The standard InChI is InChI=1S/C8H9NO4/c1-9-3-2-6(10)8(13)5(9)4-7(11)12/h2-3,13H,4H2,1H3,(H,11,12). The van der Waals surface area contributed by atoms with Crippen molar-refractivity contribution in [1.82, 2.24) is 4.57 Å². The molecule has 0 bridgehead atoms. The molecule has 0 aliphatic carbocycles. The maximum Gasteiger partial charge on any atom is 0.309 e. The third-order valence-electron chi connectivity index (χ3n) is 1.70. The smallest absolute Gasteiger partial charge is 0.309 e. The van der Waals surface area contributed by atoms with Gasteiger partial charge in [-0.2, -0.15) is 0 Å². The summed E-state index contributed by atoms with van der Waals surface area (Å²) < 4.78 is 1.41. The van der Waals surface area contributed by atoms with E-state index in [0.717, 1.165) is 0 Å². The van der Waals surface area contributed by atoms with E-state index in [-0.39, 0.29) is 12.1 Å². The zero-order valence-electron chi connectivity index (χ0n) is 7.02. The Morgan fingerprint density at radius 3 is 2.77 bits per heavy atom. The quantitative estimate of drug-likeness (QED) is 0.660. The summed E-state index contributed by atoms with van der Waals surface area (Å²) in [6.45, 7) is 0. The fourth-order valence-corrected chi connectivity index (χ4v) is 1.01. The molecule has 1 aromatic heterocycles. The van der Waals surface area contributed by atoms with Crippen molar-refractivity contribution >= 4 is 5.97 Å². The van der Waals surface area contributed by atoms with E-state index < -0.39 is 17.1 Å². The number of pyridine rings is 1. The van der Waals surface area contributed by atoms with Crippen LogP contribution < -0.4 is 5.43 Å². The lowest BCUT2D eigenvalue weighted by Crippen LogP contribution is -2.13. The number of rotatable bonds is 2. The maximum atomic E-state index is 10.9. The first-order valence-electron chi connectivity index (χ1n) is 3.61. The Kier molecular flexibility index (Phi) is 2.36. The third-order valence-corrected chi connectivity index (χ3v) is 1.70. The van der Waals surface area contributed by atoms with E-state index in [1.807, 2.05) is 0 Å². The van der Waals surface area contributed by atoms with Crippen molar-refractivity contribution in [3.05, 3.63) is 28.2 Å². The molecule has 0 fully saturated rings. The first kappa shape index (κ1) is 9.31. The number of carbonyl (C=O) groups is 1. The molecule has 0 atom stereocenters. The van der Waals surface area contributed by atoms with E-state index >= 15 is 0 Å². The third kappa shape index (κ3) is 1.87. The Morgan fingerprint density at radius 2 is 2.23 bits per heavy atom. The van der Waals surface area contributed by atoms with Crippen LogP contribution in [0.2, 0.25) is 0 Å². The van der Waals surface area contributed by atoms with Crippen molar-refractivity contribution in [2.24, 2.45) is 7.05 Å². The van der Waals surface area contributed by atoms with Gasteiger partial charge < -0.3 is 14.8 Å². The lowest BCUT2D eigenvalue weighted by Gasteiger charge is -2.06. The number of hydrogen-bond acceptors (Lipinski definition) is 3. The van der Waals surface area contributed by atoms with Gasteiger partial charge in [0, 0.05) is 19.3 Å². The molecular formula is C8H9NO4. The van der Waals surface area contributed by atoms with Crippen LogP contribution in [0.3, 0.4) is 0 Å². The van der Waals surface area contributed by atoms with Gasteiger partial charge in [-0.25, -0.2) is 0 Å². The number of aliphatic carboxylic acids is 1. The van der Waals surface area contributed by atoms with Gasteiger partial charge in [0.15, 0.2) is 5.75 Å². The Bertz CT molecular complexity index is 394. The average Bonchev–Trinajstić information content (AvgIpc) is 2.05. The molecule has 0 unspecified atom stereocenters. The molecule has 5 heteroatoms. The fourth-order valence-electron chi connectivity index (χ4n) is 1.01. The van der Waals surface area contributed by atoms with E-state index in [2.05, 4.69) is 0 Å². The number of aromatic hydroxyl groups is 1. The second-order valence-electron chi connectivity index (χ2n) is 2.66. The van der Waals surface area contributed by atoms with E-state index in [9.17, 15) is 14.7 Å². The fraction of sp³-hybridized carbons (Fsp3) is 0.250. The highest BCUT2D eigenvalue weighted by Gasteiger charge is 2.10. The van der Waals surface area contributed by atoms with E-state index in [4.69, 9.17) is 5.11 Å². The van der Waals surface area contributed by atoms with Crippen molar-refractivity contribution in [3.63, 3.8) is 0 Å². The largest absolute Gasteiger partial charge is 0.503 e. The monoisotopic (exact) mass is 183 g/mol. The normalized spacial score (nSPS) is 9.92. The topological polar surface area (TPSA) is 79.5 Å². The van der Waals surface area contributed by atoms with E-state index in [1.54, 1.807) is 7.05 Å². The molecule has 13 heavy (non-hydrogen) atoms. The number of nitrogens with zero attached hydrogens (tertiary/aromatic N) is 1. The second kappa shape index (κ2) is 3.30. The first-order chi connectivity index (χ1) is 6.02. The van der Waals surface area contributed by atoms with Crippen LogP contribution in [0.25, 0.3) is 0 Å². The molecule has 1 rings (SSSR count). The van der Waals surface area contributed by atoms with Crippen LogP contribution in [0.1, 0.15) is 5.69 Å². The van der Waals surface area contributed by atoms with E-state index in [0.29, 0.717) is 0 Å². The molecule has 1 aromatic rings. The van der Waals surface area contributed by atoms with Gasteiger partial charge in [0.1, 0.15) is 0 Å². The van der Waals surface area contributed by atoms with Gasteiger partial charge in [-0.05, 0) is 0 Å². The Balaban J connectivity index is 3.25. The van der Waals surface area contributed by atoms with Gasteiger partial charge in [0.25, 0.3) is 0 Å². The zero-order valence-corrected chi connectivity index (χ0v) is 7.02. The maximum absolute atomic E-state index is 10.9. The summed E-state index contributed by atoms with van der Waals surface area (Å²) in [6.07, 6.45) is 1.05. The highest BCUT2D eigenvalue weighted by molar-refractivity contribution is 5.70.